The molecule has 2 aromatic carbocycles. The lowest BCUT2D eigenvalue weighted by molar-refractivity contribution is 0.460. The zero-order valence-electron chi connectivity index (χ0n) is 9.81. The maximum absolute atomic E-state index is 5.85. The zero-order valence-corrected chi connectivity index (χ0v) is 12.1. The molecular weight excluding hydrogens is 326 g/mol. The van der Waals surface area contributed by atoms with Gasteiger partial charge in [0.25, 0.3) is 0 Å². The van der Waals surface area contributed by atoms with Crippen molar-refractivity contribution in [3.8, 4) is 11.6 Å². The van der Waals surface area contributed by atoms with Crippen LogP contribution in [0.1, 0.15) is 0 Å². The van der Waals surface area contributed by atoms with Gasteiger partial charge < -0.3 is 4.74 Å². The van der Waals surface area contributed by atoms with Gasteiger partial charge in [-0.2, -0.15) is 0 Å². The third kappa shape index (κ3) is 2.72. The number of hydrogen-bond donors (Lipinski definition) is 0. The van der Waals surface area contributed by atoms with E-state index in [4.69, 9.17) is 16.3 Å². The van der Waals surface area contributed by atoms with E-state index in [0.29, 0.717) is 10.9 Å². The van der Waals surface area contributed by atoms with Crippen molar-refractivity contribution in [3.63, 3.8) is 0 Å². The average Bonchev–Trinajstić information content (AvgIpc) is 2.42. The SMILES string of the molecule is Clc1cnc(Oc2ccc3ccccc3c2)c(Br)c1. The van der Waals surface area contributed by atoms with Crippen LogP contribution in [-0.4, -0.2) is 4.98 Å². The lowest BCUT2D eigenvalue weighted by Crippen LogP contribution is -1.89. The van der Waals surface area contributed by atoms with Crippen LogP contribution in [0, 0.1) is 0 Å². The third-order valence-electron chi connectivity index (χ3n) is 2.71. The van der Waals surface area contributed by atoms with Crippen molar-refractivity contribution >= 4 is 38.3 Å². The summed E-state index contributed by atoms with van der Waals surface area (Å²) < 4.78 is 6.49. The number of halogens is 2. The molecule has 0 bridgehead atoms. The van der Waals surface area contributed by atoms with Gasteiger partial charge in [-0.15, -0.1) is 0 Å². The highest BCUT2D eigenvalue weighted by Gasteiger charge is 2.05. The van der Waals surface area contributed by atoms with Gasteiger partial charge in [0, 0.05) is 6.20 Å². The van der Waals surface area contributed by atoms with Crippen LogP contribution in [0.15, 0.2) is 59.2 Å². The molecule has 94 valence electrons. The summed E-state index contributed by atoms with van der Waals surface area (Å²) in [6.45, 7) is 0. The van der Waals surface area contributed by atoms with Crippen molar-refractivity contribution in [2.75, 3.05) is 0 Å². The third-order valence-corrected chi connectivity index (χ3v) is 3.48. The normalized spacial score (nSPS) is 10.6. The molecule has 1 heterocycles. The summed E-state index contributed by atoms with van der Waals surface area (Å²) in [6.07, 6.45) is 1.56. The number of rotatable bonds is 2. The lowest BCUT2D eigenvalue weighted by Gasteiger charge is -2.07. The van der Waals surface area contributed by atoms with Crippen LogP contribution in [0.4, 0.5) is 0 Å². The van der Waals surface area contributed by atoms with E-state index in [1.807, 2.05) is 36.4 Å². The fourth-order valence-electron chi connectivity index (χ4n) is 1.82. The van der Waals surface area contributed by atoms with Crippen molar-refractivity contribution in [1.82, 2.24) is 4.98 Å². The number of nitrogens with zero attached hydrogens (tertiary/aromatic N) is 1. The molecule has 0 spiro atoms. The van der Waals surface area contributed by atoms with E-state index >= 15 is 0 Å². The Labute approximate surface area is 124 Å². The number of ether oxygens (including phenoxy) is 1. The molecule has 4 heteroatoms. The Hall–Kier alpha value is -1.58. The van der Waals surface area contributed by atoms with Crippen molar-refractivity contribution in [1.29, 1.82) is 0 Å². The Morgan fingerprint density at radius 3 is 2.58 bits per heavy atom. The van der Waals surface area contributed by atoms with Gasteiger partial charge >= 0.3 is 0 Å². The molecule has 1 aromatic heterocycles. The summed E-state index contributed by atoms with van der Waals surface area (Å²) in [7, 11) is 0. The molecule has 0 atom stereocenters. The summed E-state index contributed by atoms with van der Waals surface area (Å²) in [6, 6.07) is 15.8. The average molecular weight is 335 g/mol. The standard InChI is InChI=1S/C15H9BrClNO/c16-14-8-12(17)9-18-15(14)19-13-6-5-10-3-1-2-4-11(10)7-13/h1-9H. The van der Waals surface area contributed by atoms with E-state index < -0.39 is 0 Å². The van der Waals surface area contributed by atoms with Crippen LogP contribution in [-0.2, 0) is 0 Å². The van der Waals surface area contributed by atoms with Crippen LogP contribution < -0.4 is 4.74 Å². The molecule has 3 aromatic rings. The lowest BCUT2D eigenvalue weighted by atomic mass is 10.1. The number of fused-ring (bicyclic) bond motifs is 1. The fourth-order valence-corrected chi connectivity index (χ4v) is 2.54. The van der Waals surface area contributed by atoms with Crippen molar-refractivity contribution in [2.24, 2.45) is 0 Å². The highest BCUT2D eigenvalue weighted by molar-refractivity contribution is 9.10. The van der Waals surface area contributed by atoms with E-state index in [9.17, 15) is 0 Å². The minimum Gasteiger partial charge on any atom is -0.438 e. The molecule has 0 aliphatic rings. The molecule has 19 heavy (non-hydrogen) atoms. The van der Waals surface area contributed by atoms with Crippen molar-refractivity contribution in [3.05, 3.63) is 64.2 Å². The van der Waals surface area contributed by atoms with E-state index in [2.05, 4.69) is 27.0 Å². The Balaban J connectivity index is 1.96. The molecule has 0 fully saturated rings. The molecule has 0 amide bonds. The van der Waals surface area contributed by atoms with E-state index in [0.717, 1.165) is 15.6 Å². The van der Waals surface area contributed by atoms with Gasteiger partial charge in [0.2, 0.25) is 5.88 Å². The monoisotopic (exact) mass is 333 g/mol. The summed E-state index contributed by atoms with van der Waals surface area (Å²) in [5, 5.41) is 2.88. The largest absolute Gasteiger partial charge is 0.438 e. The topological polar surface area (TPSA) is 22.1 Å². The van der Waals surface area contributed by atoms with Gasteiger partial charge in [0.15, 0.2) is 0 Å². The second-order valence-corrected chi connectivity index (χ2v) is 5.34. The first-order valence-corrected chi connectivity index (χ1v) is 6.87. The minimum atomic E-state index is 0.500. The Morgan fingerprint density at radius 1 is 1.00 bits per heavy atom. The molecule has 3 rings (SSSR count). The number of hydrogen-bond acceptors (Lipinski definition) is 2. The second kappa shape index (κ2) is 5.19. The maximum Gasteiger partial charge on any atom is 0.233 e. The molecule has 0 radical (unpaired) electrons. The highest BCUT2D eigenvalue weighted by Crippen LogP contribution is 2.30. The highest BCUT2D eigenvalue weighted by atomic mass is 79.9. The first kappa shape index (κ1) is 12.5. The molecule has 0 saturated heterocycles. The Morgan fingerprint density at radius 2 is 1.79 bits per heavy atom. The second-order valence-electron chi connectivity index (χ2n) is 4.05. The van der Waals surface area contributed by atoms with Crippen LogP contribution in [0.2, 0.25) is 5.02 Å². The predicted octanol–water partition coefficient (Wildman–Crippen LogP) is 5.44. The Kier molecular flexibility index (Phi) is 3.40. The molecule has 0 aliphatic heterocycles. The molecular formula is C15H9BrClNO. The smallest absolute Gasteiger partial charge is 0.233 e. The maximum atomic E-state index is 5.85. The first-order chi connectivity index (χ1) is 9.22. The molecule has 0 N–H and O–H groups in total. The van der Waals surface area contributed by atoms with E-state index in [1.54, 1.807) is 12.3 Å². The Bertz CT molecular complexity index is 745. The summed E-state index contributed by atoms with van der Waals surface area (Å²) in [5.41, 5.74) is 0. The van der Waals surface area contributed by atoms with Gasteiger partial charge in [-0.05, 0) is 44.9 Å². The van der Waals surface area contributed by atoms with Gasteiger partial charge in [0.05, 0.1) is 9.50 Å². The quantitative estimate of drug-likeness (QED) is 0.622. The molecule has 0 unspecified atom stereocenters. The van der Waals surface area contributed by atoms with Crippen molar-refractivity contribution in [2.45, 2.75) is 0 Å². The van der Waals surface area contributed by atoms with E-state index in [-0.39, 0.29) is 0 Å². The minimum absolute atomic E-state index is 0.500. The number of pyridine rings is 1. The van der Waals surface area contributed by atoms with Crippen LogP contribution >= 0.6 is 27.5 Å². The van der Waals surface area contributed by atoms with Crippen molar-refractivity contribution < 1.29 is 4.74 Å². The number of benzene rings is 2. The fraction of sp³-hybridized carbons (Fsp3) is 0. The summed E-state index contributed by atoms with van der Waals surface area (Å²) >= 11 is 9.23. The zero-order chi connectivity index (χ0) is 13.2. The summed E-state index contributed by atoms with van der Waals surface area (Å²) in [4.78, 5) is 4.15. The summed E-state index contributed by atoms with van der Waals surface area (Å²) in [5.74, 6) is 1.24. The van der Waals surface area contributed by atoms with Crippen LogP contribution in [0.5, 0.6) is 11.6 Å². The van der Waals surface area contributed by atoms with Crippen LogP contribution in [0.3, 0.4) is 0 Å². The number of aromatic nitrogens is 1. The van der Waals surface area contributed by atoms with Gasteiger partial charge in [-0.3, -0.25) is 0 Å². The van der Waals surface area contributed by atoms with Gasteiger partial charge in [0.1, 0.15) is 5.75 Å². The van der Waals surface area contributed by atoms with E-state index in [1.165, 1.54) is 5.39 Å². The van der Waals surface area contributed by atoms with Gasteiger partial charge in [-0.1, -0.05) is 41.9 Å². The molecule has 0 saturated carbocycles. The first-order valence-electron chi connectivity index (χ1n) is 5.70. The van der Waals surface area contributed by atoms with Gasteiger partial charge in [-0.25, -0.2) is 4.98 Å². The predicted molar refractivity (Wildman–Crippen MR) is 81.0 cm³/mol. The van der Waals surface area contributed by atoms with Crippen LogP contribution in [0.25, 0.3) is 10.8 Å². The molecule has 0 aliphatic carbocycles. The molecule has 2 nitrogen and oxygen atoms in total.